The molecule has 2 rings (SSSR count). The van der Waals surface area contributed by atoms with E-state index in [2.05, 4.69) is 12.1 Å². The molecule has 0 N–H and O–H groups in total. The smallest absolute Gasteiger partial charge is 0.0474 e. The molecule has 4 heteroatoms. The summed E-state index contributed by atoms with van der Waals surface area (Å²) in [6.45, 7) is 0. The van der Waals surface area contributed by atoms with Gasteiger partial charge in [0.25, 0.3) is 0 Å². The van der Waals surface area contributed by atoms with Crippen molar-refractivity contribution in [2.75, 3.05) is 0 Å². The Morgan fingerprint density at radius 2 is 1.67 bits per heavy atom. The Labute approximate surface area is 126 Å². The number of alkyl halides is 1. The van der Waals surface area contributed by atoms with Gasteiger partial charge in [-0.3, -0.25) is 0 Å². The van der Waals surface area contributed by atoms with Crippen LogP contribution >= 0.6 is 46.6 Å². The van der Waals surface area contributed by atoms with Gasteiger partial charge < -0.3 is 0 Å². The maximum Gasteiger partial charge on any atom is 0.0474 e. The van der Waals surface area contributed by atoms with Crippen molar-refractivity contribution in [3.8, 4) is 0 Å². The average Bonchev–Trinajstić information content (AvgIpc) is 2.40. The van der Waals surface area contributed by atoms with E-state index in [9.17, 15) is 0 Å². The third-order valence-electron chi connectivity index (χ3n) is 2.48. The van der Waals surface area contributed by atoms with Gasteiger partial charge in [0.15, 0.2) is 0 Å². The van der Waals surface area contributed by atoms with Crippen LogP contribution in [-0.4, -0.2) is 0 Å². The first-order valence-corrected chi connectivity index (χ1v) is 7.68. The molecule has 0 bridgehead atoms. The highest BCUT2D eigenvalue weighted by atomic mass is 35.5. The summed E-state index contributed by atoms with van der Waals surface area (Å²) in [6.07, 6.45) is 0. The first-order valence-electron chi connectivity index (χ1n) is 5.40. The van der Waals surface area contributed by atoms with Gasteiger partial charge in [-0.2, -0.15) is 0 Å². The summed E-state index contributed by atoms with van der Waals surface area (Å²) in [5.74, 6) is 1.35. The molecule has 0 saturated heterocycles. The summed E-state index contributed by atoms with van der Waals surface area (Å²) in [5, 5.41) is 1.47. The minimum absolute atomic E-state index is 0.547. The van der Waals surface area contributed by atoms with E-state index < -0.39 is 0 Å². The van der Waals surface area contributed by atoms with Crippen molar-refractivity contribution in [1.29, 1.82) is 0 Å². The van der Waals surface area contributed by atoms with Crippen molar-refractivity contribution in [1.82, 2.24) is 0 Å². The molecule has 0 fully saturated rings. The molecule has 0 aromatic heterocycles. The minimum atomic E-state index is 0.547. The van der Waals surface area contributed by atoms with E-state index in [-0.39, 0.29) is 0 Å². The van der Waals surface area contributed by atoms with Crippen LogP contribution in [0.1, 0.15) is 11.1 Å². The highest BCUT2D eigenvalue weighted by molar-refractivity contribution is 7.98. The van der Waals surface area contributed by atoms with Crippen LogP contribution in [0.25, 0.3) is 0 Å². The van der Waals surface area contributed by atoms with E-state index >= 15 is 0 Å². The third-order valence-corrected chi connectivity index (χ3v) is 4.45. The van der Waals surface area contributed by atoms with Crippen molar-refractivity contribution in [3.05, 3.63) is 63.6 Å². The number of benzene rings is 2. The second-order valence-electron chi connectivity index (χ2n) is 3.80. The lowest BCUT2D eigenvalue weighted by atomic mass is 10.2. The van der Waals surface area contributed by atoms with Crippen LogP contribution in [0.5, 0.6) is 0 Å². The predicted octanol–water partition coefficient (Wildman–Crippen LogP) is 6.02. The monoisotopic (exact) mass is 316 g/mol. The molecule has 94 valence electrons. The first kappa shape index (κ1) is 14.1. The number of hydrogen-bond acceptors (Lipinski definition) is 1. The van der Waals surface area contributed by atoms with Gasteiger partial charge >= 0.3 is 0 Å². The summed E-state index contributed by atoms with van der Waals surface area (Å²) < 4.78 is 0. The second kappa shape index (κ2) is 6.72. The molecule has 0 heterocycles. The van der Waals surface area contributed by atoms with E-state index in [1.165, 1.54) is 4.90 Å². The largest absolute Gasteiger partial charge is 0.122 e. The van der Waals surface area contributed by atoms with Gasteiger partial charge in [-0.05, 0) is 41.5 Å². The van der Waals surface area contributed by atoms with Gasteiger partial charge in [0, 0.05) is 26.6 Å². The first-order chi connectivity index (χ1) is 8.69. The molecule has 0 saturated carbocycles. The van der Waals surface area contributed by atoms with E-state index in [1.807, 2.05) is 24.3 Å². The van der Waals surface area contributed by atoms with Crippen LogP contribution in [0.15, 0.2) is 47.4 Å². The Morgan fingerprint density at radius 1 is 0.944 bits per heavy atom. The molecule has 0 aliphatic heterocycles. The van der Waals surface area contributed by atoms with Crippen molar-refractivity contribution < 1.29 is 0 Å². The van der Waals surface area contributed by atoms with Crippen LogP contribution in [0.2, 0.25) is 10.0 Å². The Morgan fingerprint density at radius 3 is 2.33 bits per heavy atom. The highest BCUT2D eigenvalue weighted by Gasteiger charge is 2.03. The quantitative estimate of drug-likeness (QED) is 0.490. The third kappa shape index (κ3) is 3.83. The summed E-state index contributed by atoms with van der Waals surface area (Å²) >= 11 is 19.6. The molecule has 0 aliphatic carbocycles. The van der Waals surface area contributed by atoms with Gasteiger partial charge in [0.2, 0.25) is 0 Å². The number of halogens is 3. The molecule has 0 nitrogen and oxygen atoms in total. The molecule has 0 aliphatic rings. The van der Waals surface area contributed by atoms with Gasteiger partial charge in [-0.25, -0.2) is 0 Å². The zero-order valence-electron chi connectivity index (χ0n) is 9.50. The zero-order valence-corrected chi connectivity index (χ0v) is 12.6. The van der Waals surface area contributed by atoms with Crippen molar-refractivity contribution in [2.24, 2.45) is 0 Å². The number of rotatable bonds is 4. The highest BCUT2D eigenvalue weighted by Crippen LogP contribution is 2.28. The molecule has 0 radical (unpaired) electrons. The minimum Gasteiger partial charge on any atom is -0.122 e. The zero-order chi connectivity index (χ0) is 13.0. The van der Waals surface area contributed by atoms with Crippen LogP contribution < -0.4 is 0 Å². The summed E-state index contributed by atoms with van der Waals surface area (Å²) in [5.41, 5.74) is 2.18. The van der Waals surface area contributed by atoms with Crippen molar-refractivity contribution in [2.45, 2.75) is 16.5 Å². The Kier molecular flexibility index (Phi) is 5.25. The molecular formula is C14H11Cl3S. The molecule has 0 amide bonds. The normalized spacial score (nSPS) is 10.6. The van der Waals surface area contributed by atoms with Gasteiger partial charge in [-0.1, -0.05) is 35.3 Å². The predicted molar refractivity (Wildman–Crippen MR) is 82.0 cm³/mol. The molecule has 0 spiro atoms. The standard InChI is InChI=1S/C14H11Cl3S/c15-8-10-1-4-13(5-2-10)18-9-11-7-12(16)3-6-14(11)17/h1-7H,8-9H2. The Hall–Kier alpha value is -0.340. The van der Waals surface area contributed by atoms with Crippen molar-refractivity contribution >= 4 is 46.6 Å². The van der Waals surface area contributed by atoms with Gasteiger partial charge in [0.1, 0.15) is 0 Å². The molecule has 0 unspecified atom stereocenters. The van der Waals surface area contributed by atoms with Crippen molar-refractivity contribution in [3.63, 3.8) is 0 Å². The lowest BCUT2D eigenvalue weighted by Gasteiger charge is -2.05. The van der Waals surface area contributed by atoms with E-state index in [0.717, 1.165) is 21.9 Å². The molecule has 0 atom stereocenters. The molecule has 2 aromatic rings. The van der Waals surface area contributed by atoms with Crippen LogP contribution in [0, 0.1) is 0 Å². The molecule has 2 aromatic carbocycles. The fourth-order valence-electron chi connectivity index (χ4n) is 1.49. The Bertz CT molecular complexity index is 523. The SMILES string of the molecule is ClCc1ccc(SCc2cc(Cl)ccc2Cl)cc1. The number of thioether (sulfide) groups is 1. The summed E-state index contributed by atoms with van der Waals surface area (Å²) in [7, 11) is 0. The topological polar surface area (TPSA) is 0 Å². The molecular weight excluding hydrogens is 307 g/mol. The maximum absolute atomic E-state index is 6.12. The van der Waals surface area contributed by atoms with E-state index in [4.69, 9.17) is 34.8 Å². The van der Waals surface area contributed by atoms with Gasteiger partial charge in [0.05, 0.1) is 0 Å². The van der Waals surface area contributed by atoms with Crippen LogP contribution in [0.4, 0.5) is 0 Å². The maximum atomic E-state index is 6.12. The number of hydrogen-bond donors (Lipinski definition) is 0. The van der Waals surface area contributed by atoms with Crippen LogP contribution in [0.3, 0.4) is 0 Å². The lowest BCUT2D eigenvalue weighted by molar-refractivity contribution is 1.33. The average molecular weight is 318 g/mol. The van der Waals surface area contributed by atoms with E-state index in [1.54, 1.807) is 17.8 Å². The lowest BCUT2D eigenvalue weighted by Crippen LogP contribution is -1.83. The summed E-state index contributed by atoms with van der Waals surface area (Å²) in [4.78, 5) is 1.19. The second-order valence-corrected chi connectivity index (χ2v) is 5.96. The van der Waals surface area contributed by atoms with Crippen LogP contribution in [-0.2, 0) is 11.6 Å². The fraction of sp³-hybridized carbons (Fsp3) is 0.143. The fourth-order valence-corrected chi connectivity index (χ4v) is 3.02. The molecule has 18 heavy (non-hydrogen) atoms. The van der Waals surface area contributed by atoms with Gasteiger partial charge in [-0.15, -0.1) is 23.4 Å². The Balaban J connectivity index is 2.04. The summed E-state index contributed by atoms with van der Waals surface area (Å²) in [6, 6.07) is 13.7. The van der Waals surface area contributed by atoms with E-state index in [0.29, 0.717) is 10.9 Å².